The number of nitrogens with zero attached hydrogens (tertiary/aromatic N) is 1. The highest BCUT2D eigenvalue weighted by atomic mass is 16.7. The van der Waals surface area contributed by atoms with Crippen molar-refractivity contribution >= 4 is 11.5 Å². The number of carbonyl (C=O) groups is 1. The zero-order chi connectivity index (χ0) is 12.5. The lowest BCUT2D eigenvalue weighted by atomic mass is 10.0. The number of hydrogen-bond donors (Lipinski definition) is 1. The Bertz CT molecular complexity index is 625. The van der Waals surface area contributed by atoms with Crippen LogP contribution >= 0.6 is 0 Å². The molecule has 0 saturated carbocycles. The molecule has 0 aliphatic carbocycles. The van der Waals surface area contributed by atoms with Gasteiger partial charge < -0.3 is 15.2 Å². The van der Waals surface area contributed by atoms with Gasteiger partial charge in [-0.1, -0.05) is 0 Å². The van der Waals surface area contributed by atoms with Crippen molar-refractivity contribution in [2.75, 3.05) is 12.5 Å². The molecule has 0 spiro atoms. The average molecular weight is 242 g/mol. The number of ether oxygens (including phenoxy) is 2. The first-order valence-electron chi connectivity index (χ1n) is 5.39. The quantitative estimate of drug-likeness (QED) is 0.810. The van der Waals surface area contributed by atoms with E-state index in [4.69, 9.17) is 15.2 Å². The van der Waals surface area contributed by atoms with E-state index in [0.29, 0.717) is 28.3 Å². The molecule has 0 atom stereocenters. The van der Waals surface area contributed by atoms with E-state index < -0.39 is 0 Å². The Balaban J connectivity index is 2.01. The number of pyridine rings is 1. The Kier molecular flexibility index (Phi) is 2.37. The van der Waals surface area contributed by atoms with Crippen molar-refractivity contribution in [1.29, 1.82) is 0 Å². The summed E-state index contributed by atoms with van der Waals surface area (Å²) >= 11 is 0. The fourth-order valence-corrected chi connectivity index (χ4v) is 1.81. The number of hydrogen-bond acceptors (Lipinski definition) is 5. The molecule has 2 N–H and O–H groups in total. The van der Waals surface area contributed by atoms with Crippen LogP contribution in [0.1, 0.15) is 15.9 Å². The van der Waals surface area contributed by atoms with Gasteiger partial charge in [-0.3, -0.25) is 9.78 Å². The zero-order valence-corrected chi connectivity index (χ0v) is 9.42. The van der Waals surface area contributed by atoms with E-state index in [2.05, 4.69) is 4.98 Å². The number of aromatic nitrogens is 1. The largest absolute Gasteiger partial charge is 0.454 e. The van der Waals surface area contributed by atoms with Gasteiger partial charge in [0.05, 0.1) is 11.9 Å². The lowest BCUT2D eigenvalue weighted by molar-refractivity contribution is 0.103. The number of fused-ring (bicyclic) bond motifs is 1. The van der Waals surface area contributed by atoms with Gasteiger partial charge in [0.1, 0.15) is 0 Å². The van der Waals surface area contributed by atoms with Crippen molar-refractivity contribution < 1.29 is 14.3 Å². The number of nitrogen functional groups attached to an aromatic ring is 1. The van der Waals surface area contributed by atoms with Gasteiger partial charge >= 0.3 is 0 Å². The lowest BCUT2D eigenvalue weighted by Gasteiger charge is -2.04. The second-order valence-electron chi connectivity index (χ2n) is 3.86. The van der Waals surface area contributed by atoms with E-state index in [1.54, 1.807) is 24.3 Å². The predicted octanol–water partition coefficient (Wildman–Crippen LogP) is 1.62. The molecule has 3 rings (SSSR count). The highest BCUT2D eigenvalue weighted by Gasteiger charge is 2.18. The molecule has 0 unspecified atom stereocenters. The Labute approximate surface area is 103 Å². The second kappa shape index (κ2) is 4.03. The van der Waals surface area contributed by atoms with Crippen LogP contribution in [-0.2, 0) is 0 Å². The van der Waals surface area contributed by atoms with Crippen LogP contribution in [-0.4, -0.2) is 17.6 Å². The summed E-state index contributed by atoms with van der Waals surface area (Å²) in [5.41, 5.74) is 7.04. The molecule has 0 saturated heterocycles. The second-order valence-corrected chi connectivity index (χ2v) is 3.86. The summed E-state index contributed by atoms with van der Waals surface area (Å²) in [6.07, 6.45) is 3.00. The lowest BCUT2D eigenvalue weighted by Crippen LogP contribution is -2.05. The number of benzene rings is 1. The summed E-state index contributed by atoms with van der Waals surface area (Å²) in [6, 6.07) is 6.66. The van der Waals surface area contributed by atoms with Crippen LogP contribution in [0.5, 0.6) is 11.5 Å². The Morgan fingerprint density at radius 3 is 2.89 bits per heavy atom. The van der Waals surface area contributed by atoms with Crippen LogP contribution in [0.2, 0.25) is 0 Å². The fraction of sp³-hybridized carbons (Fsp3) is 0.0769. The van der Waals surface area contributed by atoms with E-state index in [1.165, 1.54) is 12.4 Å². The van der Waals surface area contributed by atoms with Crippen molar-refractivity contribution in [3.8, 4) is 11.5 Å². The third-order valence-corrected chi connectivity index (χ3v) is 2.73. The third-order valence-electron chi connectivity index (χ3n) is 2.73. The van der Waals surface area contributed by atoms with E-state index >= 15 is 0 Å². The van der Waals surface area contributed by atoms with Crippen LogP contribution < -0.4 is 15.2 Å². The van der Waals surface area contributed by atoms with E-state index in [9.17, 15) is 4.79 Å². The monoisotopic (exact) mass is 242 g/mol. The molecule has 0 amide bonds. The molecular formula is C13H10N2O3. The highest BCUT2D eigenvalue weighted by molar-refractivity contribution is 6.12. The van der Waals surface area contributed by atoms with E-state index in [0.717, 1.165) is 0 Å². The average Bonchev–Trinajstić information content (AvgIpc) is 2.85. The minimum absolute atomic E-state index is 0.159. The molecule has 1 aromatic carbocycles. The summed E-state index contributed by atoms with van der Waals surface area (Å²) in [6.45, 7) is 0.185. The molecule has 1 aromatic heterocycles. The molecule has 2 aromatic rings. The first kappa shape index (κ1) is 10.6. The Hall–Kier alpha value is -2.56. The fourth-order valence-electron chi connectivity index (χ4n) is 1.81. The summed E-state index contributed by atoms with van der Waals surface area (Å²) in [4.78, 5) is 16.1. The SMILES string of the molecule is Nc1cnccc1C(=O)c1ccc2c(c1)OCO2. The highest BCUT2D eigenvalue weighted by Crippen LogP contribution is 2.33. The van der Waals surface area contributed by atoms with Crippen molar-refractivity contribution in [1.82, 2.24) is 4.98 Å². The molecule has 0 radical (unpaired) electrons. The number of ketones is 1. The minimum Gasteiger partial charge on any atom is -0.454 e. The Morgan fingerprint density at radius 1 is 1.22 bits per heavy atom. The van der Waals surface area contributed by atoms with Crippen molar-refractivity contribution in [2.45, 2.75) is 0 Å². The van der Waals surface area contributed by atoms with Crippen molar-refractivity contribution in [2.24, 2.45) is 0 Å². The number of carbonyl (C=O) groups excluding carboxylic acids is 1. The molecule has 90 valence electrons. The van der Waals surface area contributed by atoms with Gasteiger partial charge in [-0.15, -0.1) is 0 Å². The standard InChI is InChI=1S/C13H10N2O3/c14-10-6-15-4-3-9(10)13(16)8-1-2-11-12(5-8)18-7-17-11/h1-6H,7,14H2. The van der Waals surface area contributed by atoms with Crippen LogP contribution in [0.3, 0.4) is 0 Å². The van der Waals surface area contributed by atoms with Gasteiger partial charge in [0, 0.05) is 17.3 Å². The molecule has 0 bridgehead atoms. The first-order chi connectivity index (χ1) is 8.75. The topological polar surface area (TPSA) is 74.4 Å². The summed E-state index contributed by atoms with van der Waals surface area (Å²) < 4.78 is 10.4. The molecule has 5 heteroatoms. The van der Waals surface area contributed by atoms with Crippen molar-refractivity contribution in [3.05, 3.63) is 47.8 Å². The summed E-state index contributed by atoms with van der Waals surface area (Å²) in [7, 11) is 0. The molecule has 1 aliphatic heterocycles. The van der Waals surface area contributed by atoms with Crippen molar-refractivity contribution in [3.63, 3.8) is 0 Å². The number of anilines is 1. The van der Waals surface area contributed by atoms with E-state index in [-0.39, 0.29) is 12.6 Å². The van der Waals surface area contributed by atoms with Gasteiger partial charge in [0.2, 0.25) is 6.79 Å². The molecule has 1 aliphatic rings. The Morgan fingerprint density at radius 2 is 2.06 bits per heavy atom. The van der Waals surface area contributed by atoms with Crippen LogP contribution in [0.4, 0.5) is 5.69 Å². The smallest absolute Gasteiger partial charge is 0.231 e. The minimum atomic E-state index is -0.159. The predicted molar refractivity (Wildman–Crippen MR) is 64.6 cm³/mol. The van der Waals surface area contributed by atoms with Crippen LogP contribution in [0.15, 0.2) is 36.7 Å². The maximum atomic E-state index is 12.3. The maximum Gasteiger partial charge on any atom is 0.231 e. The zero-order valence-electron chi connectivity index (χ0n) is 9.42. The van der Waals surface area contributed by atoms with Gasteiger partial charge in [0.15, 0.2) is 17.3 Å². The third kappa shape index (κ3) is 1.66. The molecular weight excluding hydrogens is 232 g/mol. The van der Waals surface area contributed by atoms with Gasteiger partial charge in [-0.25, -0.2) is 0 Å². The molecule has 18 heavy (non-hydrogen) atoms. The molecule has 2 heterocycles. The normalized spacial score (nSPS) is 12.4. The van der Waals surface area contributed by atoms with Gasteiger partial charge in [-0.2, -0.15) is 0 Å². The number of nitrogens with two attached hydrogens (primary N) is 1. The molecule has 0 fully saturated rings. The van der Waals surface area contributed by atoms with Gasteiger partial charge in [0.25, 0.3) is 0 Å². The summed E-state index contributed by atoms with van der Waals surface area (Å²) in [5.74, 6) is 1.07. The van der Waals surface area contributed by atoms with E-state index in [1.807, 2.05) is 0 Å². The maximum absolute atomic E-state index is 12.3. The van der Waals surface area contributed by atoms with Gasteiger partial charge in [-0.05, 0) is 24.3 Å². The van der Waals surface area contributed by atoms with Crippen LogP contribution in [0, 0.1) is 0 Å². The summed E-state index contributed by atoms with van der Waals surface area (Å²) in [5, 5.41) is 0. The molecule has 5 nitrogen and oxygen atoms in total. The van der Waals surface area contributed by atoms with Crippen LogP contribution in [0.25, 0.3) is 0 Å². The number of rotatable bonds is 2. The first-order valence-corrected chi connectivity index (χ1v) is 5.39.